The van der Waals surface area contributed by atoms with E-state index in [1.165, 1.54) is 0 Å². The smallest absolute Gasteiger partial charge is 0.312 e. The van der Waals surface area contributed by atoms with Gasteiger partial charge in [-0.25, -0.2) is 0 Å². The van der Waals surface area contributed by atoms with Crippen molar-refractivity contribution in [3.63, 3.8) is 0 Å². The van der Waals surface area contributed by atoms with Crippen molar-refractivity contribution in [3.8, 4) is 0 Å². The van der Waals surface area contributed by atoms with Crippen LogP contribution in [0.1, 0.15) is 17.3 Å². The average molecular weight is 398 g/mol. The summed E-state index contributed by atoms with van der Waals surface area (Å²) in [6.07, 6.45) is 1.91. The number of aryl methyl sites for hydroxylation is 1. The molecule has 0 atom stereocenters. The Kier molecular flexibility index (Phi) is 5.53. The number of para-hydroxylation sites is 1. The largest absolute Gasteiger partial charge is 0.378 e. The van der Waals surface area contributed by atoms with Crippen LogP contribution in [0.25, 0.3) is 10.9 Å². The van der Waals surface area contributed by atoms with Crippen molar-refractivity contribution in [2.45, 2.75) is 13.5 Å². The lowest BCUT2D eigenvalue weighted by Crippen LogP contribution is -2.55. The van der Waals surface area contributed by atoms with E-state index in [0.29, 0.717) is 58.0 Å². The molecule has 1 aromatic carbocycles. The highest BCUT2D eigenvalue weighted by atomic mass is 16.5. The topological polar surface area (TPSA) is 75.1 Å². The molecule has 2 saturated heterocycles. The van der Waals surface area contributed by atoms with E-state index < -0.39 is 11.8 Å². The van der Waals surface area contributed by atoms with Gasteiger partial charge < -0.3 is 24.0 Å². The van der Waals surface area contributed by atoms with E-state index in [1.807, 2.05) is 30.5 Å². The van der Waals surface area contributed by atoms with E-state index in [9.17, 15) is 14.4 Å². The standard InChI is InChI=1S/C21H26N4O4/c1-2-22-15-17(16-5-3-4-6-18(16)22)19(26)23-7-9-24(10-8-23)20(27)21(28)25-11-13-29-14-12-25/h3-6,15H,2,7-14H2,1H3. The van der Waals surface area contributed by atoms with Gasteiger partial charge >= 0.3 is 11.8 Å². The fourth-order valence-corrected chi connectivity index (χ4v) is 4.00. The number of hydrogen-bond donors (Lipinski definition) is 0. The first-order valence-corrected chi connectivity index (χ1v) is 10.1. The number of carbonyl (C=O) groups is 3. The summed E-state index contributed by atoms with van der Waals surface area (Å²) in [5, 5.41) is 0.945. The molecule has 8 nitrogen and oxygen atoms in total. The van der Waals surface area contributed by atoms with Gasteiger partial charge in [-0.3, -0.25) is 14.4 Å². The molecule has 154 valence electrons. The van der Waals surface area contributed by atoms with Gasteiger partial charge in [-0.05, 0) is 13.0 Å². The summed E-state index contributed by atoms with van der Waals surface area (Å²) < 4.78 is 7.31. The van der Waals surface area contributed by atoms with Gasteiger partial charge in [0.1, 0.15) is 0 Å². The fraction of sp³-hybridized carbons (Fsp3) is 0.476. The maximum atomic E-state index is 13.1. The maximum absolute atomic E-state index is 13.1. The van der Waals surface area contributed by atoms with E-state index in [4.69, 9.17) is 4.74 Å². The van der Waals surface area contributed by atoms with Crippen molar-refractivity contribution in [1.82, 2.24) is 19.3 Å². The van der Waals surface area contributed by atoms with E-state index in [1.54, 1.807) is 14.7 Å². The highest BCUT2D eigenvalue weighted by Gasteiger charge is 2.32. The van der Waals surface area contributed by atoms with Gasteiger partial charge in [0.2, 0.25) is 0 Å². The first kappa shape index (κ1) is 19.4. The van der Waals surface area contributed by atoms with Crippen molar-refractivity contribution in [1.29, 1.82) is 0 Å². The molecule has 0 unspecified atom stereocenters. The first-order valence-electron chi connectivity index (χ1n) is 10.1. The van der Waals surface area contributed by atoms with Gasteiger partial charge in [0.25, 0.3) is 5.91 Å². The predicted molar refractivity (Wildman–Crippen MR) is 107 cm³/mol. The third kappa shape index (κ3) is 3.72. The Labute approximate surface area is 169 Å². The molecule has 29 heavy (non-hydrogen) atoms. The van der Waals surface area contributed by atoms with Gasteiger partial charge in [0.05, 0.1) is 18.8 Å². The lowest BCUT2D eigenvalue weighted by molar-refractivity contribution is -0.154. The average Bonchev–Trinajstić information content (AvgIpc) is 3.17. The van der Waals surface area contributed by atoms with Gasteiger partial charge in [-0.2, -0.15) is 0 Å². The van der Waals surface area contributed by atoms with Crippen molar-refractivity contribution >= 4 is 28.6 Å². The van der Waals surface area contributed by atoms with Crippen molar-refractivity contribution in [2.75, 3.05) is 52.5 Å². The summed E-state index contributed by atoms with van der Waals surface area (Å²) in [4.78, 5) is 42.9. The normalized spacial score (nSPS) is 17.6. The van der Waals surface area contributed by atoms with Crippen LogP contribution in [0, 0.1) is 0 Å². The number of morpholine rings is 1. The van der Waals surface area contributed by atoms with Crippen LogP contribution in [-0.2, 0) is 20.9 Å². The minimum Gasteiger partial charge on any atom is -0.378 e. The minimum atomic E-state index is -0.485. The second-order valence-corrected chi connectivity index (χ2v) is 7.33. The van der Waals surface area contributed by atoms with Gasteiger partial charge in [-0.15, -0.1) is 0 Å². The molecule has 0 saturated carbocycles. The third-order valence-corrected chi connectivity index (χ3v) is 5.70. The molecule has 3 heterocycles. The number of hydrogen-bond acceptors (Lipinski definition) is 4. The van der Waals surface area contributed by atoms with Crippen LogP contribution < -0.4 is 0 Å². The molecule has 2 aliphatic rings. The van der Waals surface area contributed by atoms with Gasteiger partial charge in [0, 0.05) is 62.9 Å². The fourth-order valence-electron chi connectivity index (χ4n) is 4.00. The second kappa shape index (κ2) is 8.24. The van der Waals surface area contributed by atoms with Crippen molar-refractivity contribution < 1.29 is 19.1 Å². The molecule has 0 radical (unpaired) electrons. The summed E-state index contributed by atoms with van der Waals surface area (Å²) in [5.74, 6) is -0.985. The number of ether oxygens (including phenoxy) is 1. The Hall–Kier alpha value is -2.87. The Morgan fingerprint density at radius 2 is 1.45 bits per heavy atom. The summed E-state index contributed by atoms with van der Waals surface area (Å²) >= 11 is 0. The summed E-state index contributed by atoms with van der Waals surface area (Å²) in [5.41, 5.74) is 1.73. The third-order valence-electron chi connectivity index (χ3n) is 5.70. The molecule has 0 N–H and O–H groups in total. The summed E-state index contributed by atoms with van der Waals surface area (Å²) in [6, 6.07) is 7.89. The number of fused-ring (bicyclic) bond motifs is 1. The quantitative estimate of drug-likeness (QED) is 0.702. The highest BCUT2D eigenvalue weighted by Crippen LogP contribution is 2.23. The van der Waals surface area contributed by atoms with Crippen molar-refractivity contribution in [2.24, 2.45) is 0 Å². The lowest BCUT2D eigenvalue weighted by atomic mass is 10.1. The zero-order chi connectivity index (χ0) is 20.4. The summed E-state index contributed by atoms with van der Waals surface area (Å²) in [6.45, 7) is 6.25. The van der Waals surface area contributed by atoms with Crippen LogP contribution in [0.5, 0.6) is 0 Å². The number of rotatable bonds is 2. The molecule has 0 aliphatic carbocycles. The molecule has 2 fully saturated rings. The lowest BCUT2D eigenvalue weighted by Gasteiger charge is -2.35. The molecule has 2 aliphatic heterocycles. The molecule has 4 rings (SSSR count). The molecule has 2 aromatic rings. The Morgan fingerprint density at radius 1 is 0.862 bits per heavy atom. The molecule has 0 spiro atoms. The number of amides is 3. The first-order chi connectivity index (χ1) is 14.1. The van der Waals surface area contributed by atoms with Crippen LogP contribution in [0.4, 0.5) is 0 Å². The van der Waals surface area contributed by atoms with Gasteiger partial charge in [0.15, 0.2) is 0 Å². The van der Waals surface area contributed by atoms with Gasteiger partial charge in [-0.1, -0.05) is 18.2 Å². The van der Waals surface area contributed by atoms with Crippen LogP contribution in [0.3, 0.4) is 0 Å². The van der Waals surface area contributed by atoms with Crippen LogP contribution in [-0.4, -0.2) is 89.5 Å². The van der Waals surface area contributed by atoms with E-state index in [-0.39, 0.29) is 5.91 Å². The minimum absolute atomic E-state index is 0.0278. The molecule has 8 heteroatoms. The number of nitrogens with zero attached hydrogens (tertiary/aromatic N) is 4. The number of carbonyl (C=O) groups excluding carboxylic acids is 3. The second-order valence-electron chi connectivity index (χ2n) is 7.33. The Morgan fingerprint density at radius 3 is 2.10 bits per heavy atom. The number of benzene rings is 1. The van der Waals surface area contributed by atoms with E-state index in [2.05, 4.69) is 11.5 Å². The number of aromatic nitrogens is 1. The predicted octanol–water partition coefficient (Wildman–Crippen LogP) is 0.804. The van der Waals surface area contributed by atoms with E-state index >= 15 is 0 Å². The molecule has 3 amide bonds. The van der Waals surface area contributed by atoms with Crippen LogP contribution in [0.15, 0.2) is 30.5 Å². The van der Waals surface area contributed by atoms with Crippen LogP contribution >= 0.6 is 0 Å². The zero-order valence-electron chi connectivity index (χ0n) is 16.7. The highest BCUT2D eigenvalue weighted by molar-refractivity contribution is 6.35. The summed E-state index contributed by atoms with van der Waals surface area (Å²) in [7, 11) is 0. The SMILES string of the molecule is CCn1cc(C(=O)N2CCN(C(=O)C(=O)N3CCOCC3)CC2)c2ccccc21. The monoisotopic (exact) mass is 398 g/mol. The molecular formula is C21H26N4O4. The van der Waals surface area contributed by atoms with Crippen molar-refractivity contribution in [3.05, 3.63) is 36.0 Å². The molecular weight excluding hydrogens is 372 g/mol. The molecule has 0 bridgehead atoms. The maximum Gasteiger partial charge on any atom is 0.312 e. The zero-order valence-corrected chi connectivity index (χ0v) is 16.7. The number of piperazine rings is 1. The Balaban J connectivity index is 1.41. The van der Waals surface area contributed by atoms with Crippen LogP contribution in [0.2, 0.25) is 0 Å². The Bertz CT molecular complexity index is 924. The molecule has 1 aromatic heterocycles. The van der Waals surface area contributed by atoms with E-state index in [0.717, 1.165) is 17.4 Å².